The van der Waals surface area contributed by atoms with Crippen LogP contribution in [0.15, 0.2) is 66.7 Å². The highest BCUT2D eigenvalue weighted by Crippen LogP contribution is 2.23. The largest absolute Gasteiger partial charge is 0.489 e. The van der Waals surface area contributed by atoms with E-state index in [0.717, 1.165) is 5.56 Å². The highest BCUT2D eigenvalue weighted by molar-refractivity contribution is 6.35. The predicted octanol–water partition coefficient (Wildman–Crippen LogP) is 5.94. The van der Waals surface area contributed by atoms with Crippen LogP contribution in [-0.2, 0) is 6.61 Å². The average Bonchev–Trinajstić information content (AvgIpc) is 2.61. The zero-order chi connectivity index (χ0) is 17.8. The molecule has 0 atom stereocenters. The van der Waals surface area contributed by atoms with Crippen LogP contribution in [0, 0.1) is 5.82 Å². The van der Waals surface area contributed by atoms with Gasteiger partial charge in [0, 0.05) is 26.7 Å². The van der Waals surface area contributed by atoms with Gasteiger partial charge < -0.3 is 4.74 Å². The van der Waals surface area contributed by atoms with Crippen molar-refractivity contribution in [3.8, 4) is 5.75 Å². The first kappa shape index (κ1) is 17.5. The summed E-state index contributed by atoms with van der Waals surface area (Å²) in [5, 5.41) is 1.10. The third kappa shape index (κ3) is 4.38. The smallest absolute Gasteiger partial charge is 0.193 e. The summed E-state index contributed by atoms with van der Waals surface area (Å²) in [7, 11) is 0. The monoisotopic (exact) mass is 374 g/mol. The van der Waals surface area contributed by atoms with Gasteiger partial charge in [0.15, 0.2) is 5.78 Å². The summed E-state index contributed by atoms with van der Waals surface area (Å²) >= 11 is 12.0. The number of carbonyl (C=O) groups is 1. The van der Waals surface area contributed by atoms with Crippen LogP contribution in [0.3, 0.4) is 0 Å². The first-order valence-corrected chi connectivity index (χ1v) is 8.25. The maximum Gasteiger partial charge on any atom is 0.193 e. The maximum absolute atomic E-state index is 12.9. The second-order valence-electron chi connectivity index (χ2n) is 5.38. The summed E-state index contributed by atoms with van der Waals surface area (Å²) in [6, 6.07) is 17.4. The molecule has 0 fully saturated rings. The quantitative estimate of drug-likeness (QED) is 0.516. The number of hydrogen-bond donors (Lipinski definition) is 0. The molecule has 0 aliphatic carbocycles. The van der Waals surface area contributed by atoms with Gasteiger partial charge in [-0.1, -0.05) is 29.3 Å². The zero-order valence-corrected chi connectivity index (χ0v) is 14.5. The Morgan fingerprint density at radius 1 is 0.880 bits per heavy atom. The van der Waals surface area contributed by atoms with Gasteiger partial charge in [-0.3, -0.25) is 4.79 Å². The molecule has 0 bridgehead atoms. The third-order valence-corrected chi connectivity index (χ3v) is 4.22. The SMILES string of the molecule is O=C(c1ccc(F)cc1)c1ccc(OCc2ccc(Cl)cc2Cl)cc1. The van der Waals surface area contributed by atoms with Gasteiger partial charge >= 0.3 is 0 Å². The van der Waals surface area contributed by atoms with Crippen LogP contribution < -0.4 is 4.74 Å². The fraction of sp³-hybridized carbons (Fsp3) is 0.0500. The number of ether oxygens (including phenoxy) is 1. The molecule has 0 unspecified atom stereocenters. The highest BCUT2D eigenvalue weighted by atomic mass is 35.5. The van der Waals surface area contributed by atoms with E-state index in [9.17, 15) is 9.18 Å². The van der Waals surface area contributed by atoms with Crippen LogP contribution in [0.5, 0.6) is 5.75 Å². The molecule has 3 aromatic carbocycles. The Labute approximate surface area is 154 Å². The summed E-state index contributed by atoms with van der Waals surface area (Å²) in [6.07, 6.45) is 0. The Bertz CT molecular complexity index is 891. The molecular formula is C20H13Cl2FO2. The molecule has 0 amide bonds. The number of hydrogen-bond acceptors (Lipinski definition) is 2. The molecule has 0 spiro atoms. The highest BCUT2D eigenvalue weighted by Gasteiger charge is 2.09. The first-order chi connectivity index (χ1) is 12.0. The molecule has 0 saturated heterocycles. The van der Waals surface area contributed by atoms with Gasteiger partial charge in [0.2, 0.25) is 0 Å². The molecule has 0 aliphatic rings. The van der Waals surface area contributed by atoms with E-state index in [1.165, 1.54) is 24.3 Å². The number of rotatable bonds is 5. The molecule has 0 aliphatic heterocycles. The standard InChI is InChI=1S/C20H13Cl2FO2/c21-16-6-1-15(19(22)11-16)12-25-18-9-4-14(5-10-18)20(24)13-2-7-17(23)8-3-13/h1-11H,12H2. The lowest BCUT2D eigenvalue weighted by molar-refractivity contribution is 0.103. The summed E-state index contributed by atoms with van der Waals surface area (Å²) in [4.78, 5) is 12.3. The van der Waals surface area contributed by atoms with Crippen LogP contribution in [0.1, 0.15) is 21.5 Å². The molecule has 5 heteroatoms. The predicted molar refractivity (Wildman–Crippen MR) is 97.1 cm³/mol. The Morgan fingerprint density at radius 2 is 1.48 bits per heavy atom. The summed E-state index contributed by atoms with van der Waals surface area (Å²) in [5.41, 5.74) is 1.75. The number of benzene rings is 3. The number of halogens is 3. The van der Waals surface area contributed by atoms with E-state index in [1.54, 1.807) is 42.5 Å². The minimum atomic E-state index is -0.374. The van der Waals surface area contributed by atoms with Crippen LogP contribution in [0.25, 0.3) is 0 Å². The second kappa shape index (κ2) is 7.68. The van der Waals surface area contributed by atoms with E-state index in [0.29, 0.717) is 33.5 Å². The lowest BCUT2D eigenvalue weighted by atomic mass is 10.0. The minimum absolute atomic E-state index is 0.174. The van der Waals surface area contributed by atoms with Crippen molar-refractivity contribution < 1.29 is 13.9 Å². The van der Waals surface area contributed by atoms with E-state index in [4.69, 9.17) is 27.9 Å². The van der Waals surface area contributed by atoms with Gasteiger partial charge in [0.1, 0.15) is 18.2 Å². The average molecular weight is 375 g/mol. The first-order valence-electron chi connectivity index (χ1n) is 7.50. The molecule has 0 N–H and O–H groups in total. The van der Waals surface area contributed by atoms with Crippen molar-refractivity contribution in [2.75, 3.05) is 0 Å². The molecule has 0 heterocycles. The fourth-order valence-electron chi connectivity index (χ4n) is 2.27. The van der Waals surface area contributed by atoms with E-state index in [1.807, 2.05) is 0 Å². The summed E-state index contributed by atoms with van der Waals surface area (Å²) < 4.78 is 18.6. The van der Waals surface area contributed by atoms with Crippen LogP contribution in [0.4, 0.5) is 4.39 Å². The molecule has 3 aromatic rings. The molecule has 25 heavy (non-hydrogen) atoms. The molecule has 3 rings (SSSR count). The lowest BCUT2D eigenvalue weighted by Crippen LogP contribution is -2.02. The summed E-state index contributed by atoms with van der Waals surface area (Å²) in [6.45, 7) is 0.293. The Kier molecular flexibility index (Phi) is 5.37. The third-order valence-electron chi connectivity index (χ3n) is 3.63. The van der Waals surface area contributed by atoms with Gasteiger partial charge in [0.05, 0.1) is 0 Å². The Balaban J connectivity index is 1.67. The van der Waals surface area contributed by atoms with E-state index >= 15 is 0 Å². The molecule has 0 aromatic heterocycles. The minimum Gasteiger partial charge on any atom is -0.489 e. The van der Waals surface area contributed by atoms with Crippen molar-refractivity contribution in [2.45, 2.75) is 6.61 Å². The van der Waals surface area contributed by atoms with Gasteiger partial charge in [-0.05, 0) is 60.7 Å². The van der Waals surface area contributed by atoms with E-state index in [2.05, 4.69) is 0 Å². The molecule has 2 nitrogen and oxygen atoms in total. The van der Waals surface area contributed by atoms with Gasteiger partial charge in [-0.25, -0.2) is 4.39 Å². The second-order valence-corrected chi connectivity index (χ2v) is 6.23. The van der Waals surface area contributed by atoms with Crippen LogP contribution in [-0.4, -0.2) is 5.78 Å². The topological polar surface area (TPSA) is 26.3 Å². The van der Waals surface area contributed by atoms with E-state index in [-0.39, 0.29) is 11.6 Å². The maximum atomic E-state index is 12.9. The molecule has 0 radical (unpaired) electrons. The Hall–Kier alpha value is -2.36. The normalized spacial score (nSPS) is 10.5. The molecular weight excluding hydrogens is 362 g/mol. The zero-order valence-electron chi connectivity index (χ0n) is 13.0. The summed E-state index contributed by atoms with van der Waals surface area (Å²) in [5.74, 6) is 0.0649. The van der Waals surface area contributed by atoms with Crippen LogP contribution in [0.2, 0.25) is 10.0 Å². The van der Waals surface area contributed by atoms with Crippen molar-refractivity contribution in [1.82, 2.24) is 0 Å². The van der Waals surface area contributed by atoms with Gasteiger partial charge in [0.25, 0.3) is 0 Å². The lowest BCUT2D eigenvalue weighted by Gasteiger charge is -2.09. The van der Waals surface area contributed by atoms with Gasteiger partial charge in [-0.2, -0.15) is 0 Å². The fourth-order valence-corrected chi connectivity index (χ4v) is 2.73. The van der Waals surface area contributed by atoms with Crippen molar-refractivity contribution >= 4 is 29.0 Å². The van der Waals surface area contributed by atoms with Crippen molar-refractivity contribution in [3.63, 3.8) is 0 Å². The Morgan fingerprint density at radius 3 is 2.08 bits per heavy atom. The van der Waals surface area contributed by atoms with Crippen molar-refractivity contribution in [1.29, 1.82) is 0 Å². The van der Waals surface area contributed by atoms with E-state index < -0.39 is 0 Å². The molecule has 126 valence electrons. The van der Waals surface area contributed by atoms with Crippen molar-refractivity contribution in [2.24, 2.45) is 0 Å². The van der Waals surface area contributed by atoms with Crippen molar-refractivity contribution in [3.05, 3.63) is 99.3 Å². The molecule has 0 saturated carbocycles. The number of carbonyl (C=O) groups excluding carboxylic acids is 1. The van der Waals surface area contributed by atoms with Gasteiger partial charge in [-0.15, -0.1) is 0 Å². The van der Waals surface area contributed by atoms with Crippen LogP contribution >= 0.6 is 23.2 Å². The number of ketones is 1.